The molecule has 0 aliphatic rings. The number of aromatic nitrogens is 2. The van der Waals surface area contributed by atoms with E-state index in [0.29, 0.717) is 28.6 Å². The first-order valence-corrected chi connectivity index (χ1v) is 7.58. The minimum Gasteiger partial charge on any atom is -0.487 e. The predicted octanol–water partition coefficient (Wildman–Crippen LogP) is 2.97. The highest BCUT2D eigenvalue weighted by atomic mass is 35.5. The minimum atomic E-state index is -0.146. The molecule has 0 unspecified atom stereocenters. The van der Waals surface area contributed by atoms with Gasteiger partial charge in [-0.25, -0.2) is 0 Å². The topological polar surface area (TPSA) is 56.2 Å². The molecule has 1 aromatic heterocycles. The number of rotatable bonds is 6. The third-order valence-electron chi connectivity index (χ3n) is 3.33. The molecular formula is C16H20ClN3O2. The zero-order valence-corrected chi connectivity index (χ0v) is 13.7. The van der Waals surface area contributed by atoms with Crippen LogP contribution in [0.2, 0.25) is 5.02 Å². The summed E-state index contributed by atoms with van der Waals surface area (Å²) >= 11 is 6.08. The Morgan fingerprint density at radius 1 is 1.45 bits per heavy atom. The lowest BCUT2D eigenvalue weighted by Gasteiger charge is -2.18. The Morgan fingerprint density at radius 3 is 2.77 bits per heavy atom. The lowest BCUT2D eigenvalue weighted by atomic mass is 10.2. The van der Waals surface area contributed by atoms with E-state index in [4.69, 9.17) is 16.3 Å². The quantitative estimate of drug-likeness (QED) is 0.890. The molecule has 118 valence electrons. The Balaban J connectivity index is 1.95. The van der Waals surface area contributed by atoms with Gasteiger partial charge in [-0.05, 0) is 25.5 Å². The van der Waals surface area contributed by atoms with Crippen molar-refractivity contribution in [2.75, 3.05) is 6.54 Å². The van der Waals surface area contributed by atoms with Gasteiger partial charge in [-0.2, -0.15) is 5.10 Å². The molecule has 1 aromatic carbocycles. The maximum atomic E-state index is 12.2. The van der Waals surface area contributed by atoms with Crippen LogP contribution in [0, 0.1) is 6.92 Å². The van der Waals surface area contributed by atoms with Crippen LogP contribution in [0.4, 0.5) is 0 Å². The molecule has 5 nitrogen and oxygen atoms in total. The molecule has 22 heavy (non-hydrogen) atoms. The van der Waals surface area contributed by atoms with Crippen LogP contribution in [0.3, 0.4) is 0 Å². The monoisotopic (exact) mass is 321 g/mol. The normalized spacial score (nSPS) is 12.0. The first-order chi connectivity index (χ1) is 10.5. The van der Waals surface area contributed by atoms with Crippen molar-refractivity contribution in [1.82, 2.24) is 15.1 Å². The number of carbonyl (C=O) groups excluding carboxylic acids is 1. The number of benzene rings is 1. The van der Waals surface area contributed by atoms with E-state index >= 15 is 0 Å². The molecule has 1 heterocycles. The Labute approximate surface area is 135 Å². The second-order valence-electron chi connectivity index (χ2n) is 5.09. The van der Waals surface area contributed by atoms with Crippen LogP contribution in [0.15, 0.2) is 30.5 Å². The molecular weight excluding hydrogens is 302 g/mol. The second kappa shape index (κ2) is 7.31. The second-order valence-corrected chi connectivity index (χ2v) is 5.50. The summed E-state index contributed by atoms with van der Waals surface area (Å²) in [5.74, 6) is 0.481. The molecule has 2 aromatic rings. The fourth-order valence-corrected chi connectivity index (χ4v) is 2.29. The zero-order chi connectivity index (χ0) is 16.1. The number of amides is 1. The molecule has 0 fully saturated rings. The molecule has 0 bridgehead atoms. The van der Waals surface area contributed by atoms with Gasteiger partial charge in [-0.3, -0.25) is 9.48 Å². The van der Waals surface area contributed by atoms with E-state index in [1.165, 1.54) is 0 Å². The summed E-state index contributed by atoms with van der Waals surface area (Å²) in [5, 5.41) is 7.61. The summed E-state index contributed by atoms with van der Waals surface area (Å²) in [4.78, 5) is 12.2. The van der Waals surface area contributed by atoms with Gasteiger partial charge in [0.25, 0.3) is 5.91 Å². The molecule has 1 amide bonds. The van der Waals surface area contributed by atoms with Gasteiger partial charge < -0.3 is 10.1 Å². The Kier molecular flexibility index (Phi) is 5.44. The van der Waals surface area contributed by atoms with Crippen LogP contribution in [0.5, 0.6) is 5.75 Å². The van der Waals surface area contributed by atoms with Gasteiger partial charge in [-0.1, -0.05) is 30.7 Å². The SMILES string of the molecule is CC[C@H](CNC(=O)c1cn(C)nc1C)Oc1ccccc1Cl. The molecule has 0 spiro atoms. The van der Waals surface area contributed by atoms with E-state index in [-0.39, 0.29) is 12.0 Å². The van der Waals surface area contributed by atoms with Crippen LogP contribution in [0.25, 0.3) is 0 Å². The maximum Gasteiger partial charge on any atom is 0.254 e. The summed E-state index contributed by atoms with van der Waals surface area (Å²) in [7, 11) is 1.79. The molecule has 2 rings (SSSR count). The van der Waals surface area contributed by atoms with E-state index < -0.39 is 0 Å². The van der Waals surface area contributed by atoms with Crippen molar-refractivity contribution in [1.29, 1.82) is 0 Å². The smallest absolute Gasteiger partial charge is 0.254 e. The molecule has 6 heteroatoms. The van der Waals surface area contributed by atoms with Gasteiger partial charge >= 0.3 is 0 Å². The molecule has 0 aliphatic heterocycles. The first-order valence-electron chi connectivity index (χ1n) is 7.21. The van der Waals surface area contributed by atoms with Crippen LogP contribution >= 0.6 is 11.6 Å². The van der Waals surface area contributed by atoms with E-state index in [2.05, 4.69) is 10.4 Å². The number of nitrogens with one attached hydrogen (secondary N) is 1. The molecule has 0 radical (unpaired) electrons. The molecule has 0 saturated heterocycles. The highest BCUT2D eigenvalue weighted by Crippen LogP contribution is 2.24. The van der Waals surface area contributed by atoms with Crippen LogP contribution in [0.1, 0.15) is 29.4 Å². The van der Waals surface area contributed by atoms with E-state index in [1.807, 2.05) is 32.0 Å². The number of carbonyl (C=O) groups is 1. The van der Waals surface area contributed by atoms with Crippen molar-refractivity contribution < 1.29 is 9.53 Å². The van der Waals surface area contributed by atoms with Gasteiger partial charge in [0.1, 0.15) is 11.9 Å². The summed E-state index contributed by atoms with van der Waals surface area (Å²) in [6.07, 6.45) is 2.33. The fraction of sp³-hybridized carbons (Fsp3) is 0.375. The molecule has 1 atom stereocenters. The minimum absolute atomic E-state index is 0.138. The number of aryl methyl sites for hydroxylation is 2. The number of hydrogen-bond donors (Lipinski definition) is 1. The van der Waals surface area contributed by atoms with E-state index in [1.54, 1.807) is 24.0 Å². The Bertz CT molecular complexity index is 655. The van der Waals surface area contributed by atoms with Gasteiger partial charge in [0.2, 0.25) is 0 Å². The maximum absolute atomic E-state index is 12.2. The standard InChI is InChI=1S/C16H20ClN3O2/c1-4-12(22-15-8-6-5-7-14(15)17)9-18-16(21)13-10-20(3)19-11(13)2/h5-8,10,12H,4,9H2,1-3H3,(H,18,21)/t12-/m1/s1. The van der Waals surface area contributed by atoms with Crippen molar-refractivity contribution in [3.8, 4) is 5.75 Å². The fourth-order valence-electron chi connectivity index (χ4n) is 2.11. The number of para-hydroxylation sites is 1. The van der Waals surface area contributed by atoms with E-state index in [9.17, 15) is 4.79 Å². The van der Waals surface area contributed by atoms with Gasteiger partial charge in [0, 0.05) is 13.2 Å². The van der Waals surface area contributed by atoms with Crippen LogP contribution < -0.4 is 10.1 Å². The summed E-state index contributed by atoms with van der Waals surface area (Å²) in [6.45, 7) is 4.23. The Hall–Kier alpha value is -2.01. The van der Waals surface area contributed by atoms with E-state index in [0.717, 1.165) is 6.42 Å². The molecule has 0 aliphatic carbocycles. The Morgan fingerprint density at radius 2 is 2.18 bits per heavy atom. The van der Waals surface area contributed by atoms with Crippen molar-refractivity contribution >= 4 is 17.5 Å². The van der Waals surface area contributed by atoms with Crippen molar-refractivity contribution in [3.05, 3.63) is 46.7 Å². The van der Waals surface area contributed by atoms with Gasteiger partial charge in [-0.15, -0.1) is 0 Å². The van der Waals surface area contributed by atoms with Crippen molar-refractivity contribution in [3.63, 3.8) is 0 Å². The van der Waals surface area contributed by atoms with Gasteiger partial charge in [0.05, 0.1) is 22.8 Å². The first kappa shape index (κ1) is 16.4. The van der Waals surface area contributed by atoms with Crippen molar-refractivity contribution in [2.24, 2.45) is 7.05 Å². The van der Waals surface area contributed by atoms with Crippen molar-refractivity contribution in [2.45, 2.75) is 26.4 Å². The lowest BCUT2D eigenvalue weighted by molar-refractivity contribution is 0.0925. The third-order valence-corrected chi connectivity index (χ3v) is 3.65. The average Bonchev–Trinajstić information content (AvgIpc) is 2.83. The van der Waals surface area contributed by atoms with Crippen LogP contribution in [-0.4, -0.2) is 28.3 Å². The molecule has 1 N–H and O–H groups in total. The van der Waals surface area contributed by atoms with Gasteiger partial charge in [0.15, 0.2) is 0 Å². The number of ether oxygens (including phenoxy) is 1. The third kappa shape index (κ3) is 4.01. The average molecular weight is 322 g/mol. The largest absolute Gasteiger partial charge is 0.487 e. The number of hydrogen-bond acceptors (Lipinski definition) is 3. The highest BCUT2D eigenvalue weighted by molar-refractivity contribution is 6.32. The molecule has 0 saturated carbocycles. The summed E-state index contributed by atoms with van der Waals surface area (Å²) in [6, 6.07) is 7.31. The summed E-state index contributed by atoms with van der Waals surface area (Å²) in [5.41, 5.74) is 1.29. The zero-order valence-electron chi connectivity index (χ0n) is 13.0. The number of halogens is 1. The highest BCUT2D eigenvalue weighted by Gasteiger charge is 2.15. The number of nitrogens with zero attached hydrogens (tertiary/aromatic N) is 2. The predicted molar refractivity (Wildman–Crippen MR) is 86.4 cm³/mol. The lowest BCUT2D eigenvalue weighted by Crippen LogP contribution is -2.35. The van der Waals surface area contributed by atoms with Crippen LogP contribution in [-0.2, 0) is 7.05 Å². The summed E-state index contributed by atoms with van der Waals surface area (Å²) < 4.78 is 7.48.